The molecule has 3 heteroatoms. The Hall–Kier alpha value is -1.71. The summed E-state index contributed by atoms with van der Waals surface area (Å²) in [5, 5.41) is 2.63. The number of carbonyl (C=O) groups is 1. The van der Waals surface area contributed by atoms with Gasteiger partial charge in [-0.2, -0.15) is 0 Å². The Morgan fingerprint density at radius 2 is 1.88 bits per heavy atom. The maximum atomic E-state index is 11.6. The molecule has 2 aliphatic rings. The van der Waals surface area contributed by atoms with E-state index in [1.807, 2.05) is 0 Å². The lowest BCUT2D eigenvalue weighted by Gasteiger charge is -2.37. The van der Waals surface area contributed by atoms with Gasteiger partial charge in [-0.1, -0.05) is 55.3 Å². The molecule has 0 spiro atoms. The molecule has 1 saturated carbocycles. The van der Waals surface area contributed by atoms with Crippen molar-refractivity contribution in [1.29, 1.82) is 0 Å². The van der Waals surface area contributed by atoms with E-state index >= 15 is 0 Å². The number of benzene rings is 2. The van der Waals surface area contributed by atoms with Crippen molar-refractivity contribution in [3.8, 4) is 0 Å². The molecule has 1 aliphatic carbocycles. The highest BCUT2D eigenvalue weighted by molar-refractivity contribution is 5.85. The van der Waals surface area contributed by atoms with Crippen LogP contribution in [-0.2, 0) is 16.0 Å². The summed E-state index contributed by atoms with van der Waals surface area (Å²) in [5.41, 5.74) is 1.36. The number of likely N-dealkylation sites (tertiary alicyclic amines) is 1. The van der Waals surface area contributed by atoms with Crippen LogP contribution in [0.2, 0.25) is 0 Å². The molecule has 1 heterocycles. The molecule has 0 bridgehead atoms. The molecule has 0 radical (unpaired) electrons. The summed E-state index contributed by atoms with van der Waals surface area (Å²) in [6.45, 7) is 2.32. The highest BCUT2D eigenvalue weighted by Gasteiger charge is 2.34. The average Bonchev–Trinajstić information content (AvgIpc) is 3.08. The number of hydrogen-bond acceptors (Lipinski definition) is 3. The first-order valence-electron chi connectivity index (χ1n) is 9.65. The van der Waals surface area contributed by atoms with E-state index in [1.165, 1.54) is 35.6 Å². The first-order chi connectivity index (χ1) is 12.3. The monoisotopic (exact) mass is 337 g/mol. The number of ketones is 1. The number of nitrogens with zero attached hydrogens (tertiary/aromatic N) is 1. The Morgan fingerprint density at radius 1 is 1.04 bits per heavy atom. The van der Waals surface area contributed by atoms with E-state index in [0.717, 1.165) is 32.4 Å². The molecule has 3 nitrogen and oxygen atoms in total. The number of fused-ring (bicyclic) bond motifs is 1. The summed E-state index contributed by atoms with van der Waals surface area (Å²) in [6, 6.07) is 15.5. The second-order valence-corrected chi connectivity index (χ2v) is 7.41. The Kier molecular flexibility index (Phi) is 5.14. The third-order valence-corrected chi connectivity index (χ3v) is 5.78. The number of carbonyl (C=O) groups excluding carboxylic acids is 1. The average molecular weight is 337 g/mol. The molecule has 0 aromatic heterocycles. The molecule has 0 unspecified atom stereocenters. The standard InChI is InChI=1S/C22H27NO2/c24-19-12-14-23(16-19)21-10-3-4-11-22(21)25-15-13-18-8-5-7-17-6-1-2-9-20(17)18/h1-2,5-9,21-22H,3-4,10-16H2/t21-,22+/m0/s1. The van der Waals surface area contributed by atoms with E-state index in [1.54, 1.807) is 0 Å². The normalized spacial score (nSPS) is 24.9. The van der Waals surface area contributed by atoms with Gasteiger partial charge in [-0.05, 0) is 35.6 Å². The Morgan fingerprint density at radius 3 is 2.76 bits per heavy atom. The van der Waals surface area contributed by atoms with Crippen molar-refractivity contribution in [2.45, 2.75) is 50.7 Å². The largest absolute Gasteiger partial charge is 0.376 e. The molecule has 4 rings (SSSR count). The lowest BCUT2D eigenvalue weighted by molar-refractivity contribution is -0.117. The molecule has 0 N–H and O–H groups in total. The number of hydrogen-bond donors (Lipinski definition) is 0. The van der Waals surface area contributed by atoms with E-state index in [2.05, 4.69) is 47.4 Å². The molecule has 132 valence electrons. The molecule has 2 fully saturated rings. The molecule has 2 atom stereocenters. The quantitative estimate of drug-likeness (QED) is 0.826. The Labute approximate surface area is 150 Å². The fourth-order valence-corrected chi connectivity index (χ4v) is 4.46. The van der Waals surface area contributed by atoms with Gasteiger partial charge in [0.1, 0.15) is 5.78 Å². The van der Waals surface area contributed by atoms with Gasteiger partial charge in [-0.3, -0.25) is 9.69 Å². The molecular formula is C22H27NO2. The fourth-order valence-electron chi connectivity index (χ4n) is 4.46. The van der Waals surface area contributed by atoms with Gasteiger partial charge in [0.15, 0.2) is 0 Å². The summed E-state index contributed by atoms with van der Waals surface area (Å²) in [4.78, 5) is 14.0. The third kappa shape index (κ3) is 3.78. The predicted octanol–water partition coefficient (Wildman–Crippen LogP) is 3.98. The van der Waals surface area contributed by atoms with Crippen molar-refractivity contribution < 1.29 is 9.53 Å². The summed E-state index contributed by atoms with van der Waals surface area (Å²) in [6.07, 6.45) is 6.77. The van der Waals surface area contributed by atoms with Crippen LogP contribution in [0.4, 0.5) is 0 Å². The van der Waals surface area contributed by atoms with Crippen LogP contribution in [0.15, 0.2) is 42.5 Å². The van der Waals surface area contributed by atoms with E-state index in [9.17, 15) is 4.79 Å². The van der Waals surface area contributed by atoms with E-state index in [-0.39, 0.29) is 6.10 Å². The van der Waals surface area contributed by atoms with Crippen molar-refractivity contribution in [2.24, 2.45) is 0 Å². The van der Waals surface area contributed by atoms with Crippen molar-refractivity contribution in [3.05, 3.63) is 48.0 Å². The van der Waals surface area contributed by atoms with Gasteiger partial charge in [-0.25, -0.2) is 0 Å². The zero-order valence-corrected chi connectivity index (χ0v) is 14.8. The highest BCUT2D eigenvalue weighted by Crippen LogP contribution is 2.28. The smallest absolute Gasteiger partial charge is 0.148 e. The fraction of sp³-hybridized carbons (Fsp3) is 0.500. The summed E-state index contributed by atoms with van der Waals surface area (Å²) in [7, 11) is 0. The maximum absolute atomic E-state index is 11.6. The molecular weight excluding hydrogens is 310 g/mol. The van der Waals surface area contributed by atoms with E-state index < -0.39 is 0 Å². The lowest BCUT2D eigenvalue weighted by Crippen LogP contribution is -2.45. The minimum absolute atomic E-state index is 0.287. The third-order valence-electron chi connectivity index (χ3n) is 5.78. The predicted molar refractivity (Wildman–Crippen MR) is 101 cm³/mol. The van der Waals surface area contributed by atoms with E-state index in [0.29, 0.717) is 18.4 Å². The lowest BCUT2D eigenvalue weighted by atomic mass is 9.91. The molecule has 2 aromatic rings. The first kappa shape index (κ1) is 16.7. The Balaban J connectivity index is 1.38. The van der Waals surface area contributed by atoms with Crippen LogP contribution in [0.5, 0.6) is 0 Å². The molecule has 2 aromatic carbocycles. The summed E-state index contributed by atoms with van der Waals surface area (Å²) in [5.74, 6) is 0.389. The SMILES string of the molecule is O=C1CCN([C@H]2CCCC[C@H]2OCCc2cccc3ccccc23)C1. The van der Waals surface area contributed by atoms with Gasteiger partial charge in [0, 0.05) is 19.0 Å². The minimum atomic E-state index is 0.287. The van der Waals surface area contributed by atoms with Gasteiger partial charge in [0.05, 0.1) is 19.3 Å². The molecule has 1 aliphatic heterocycles. The molecule has 0 amide bonds. The number of ether oxygens (including phenoxy) is 1. The van der Waals surface area contributed by atoms with Crippen LogP contribution in [0.3, 0.4) is 0 Å². The van der Waals surface area contributed by atoms with Crippen molar-refractivity contribution in [1.82, 2.24) is 4.90 Å². The topological polar surface area (TPSA) is 29.5 Å². The maximum Gasteiger partial charge on any atom is 0.148 e. The summed E-state index contributed by atoms with van der Waals surface area (Å²) >= 11 is 0. The van der Waals surface area contributed by atoms with Gasteiger partial charge in [-0.15, -0.1) is 0 Å². The van der Waals surface area contributed by atoms with Crippen LogP contribution in [-0.4, -0.2) is 42.5 Å². The van der Waals surface area contributed by atoms with Crippen molar-refractivity contribution in [3.63, 3.8) is 0 Å². The molecule has 1 saturated heterocycles. The van der Waals surface area contributed by atoms with Crippen molar-refractivity contribution >= 4 is 16.6 Å². The zero-order valence-electron chi connectivity index (χ0n) is 14.8. The highest BCUT2D eigenvalue weighted by atomic mass is 16.5. The van der Waals surface area contributed by atoms with Gasteiger partial charge >= 0.3 is 0 Å². The van der Waals surface area contributed by atoms with Gasteiger partial charge in [0.2, 0.25) is 0 Å². The second-order valence-electron chi connectivity index (χ2n) is 7.41. The first-order valence-corrected chi connectivity index (χ1v) is 9.65. The Bertz CT molecular complexity index is 736. The van der Waals surface area contributed by atoms with Crippen LogP contribution in [0.25, 0.3) is 10.8 Å². The van der Waals surface area contributed by atoms with Crippen LogP contribution in [0.1, 0.15) is 37.7 Å². The minimum Gasteiger partial charge on any atom is -0.376 e. The van der Waals surface area contributed by atoms with E-state index in [4.69, 9.17) is 4.74 Å². The van der Waals surface area contributed by atoms with Gasteiger partial charge in [0.25, 0.3) is 0 Å². The second kappa shape index (κ2) is 7.67. The van der Waals surface area contributed by atoms with Gasteiger partial charge < -0.3 is 4.74 Å². The van der Waals surface area contributed by atoms with Crippen LogP contribution < -0.4 is 0 Å². The zero-order chi connectivity index (χ0) is 17.1. The summed E-state index contributed by atoms with van der Waals surface area (Å²) < 4.78 is 6.34. The van der Waals surface area contributed by atoms with Crippen molar-refractivity contribution in [2.75, 3.05) is 19.7 Å². The number of Topliss-reactive ketones (excluding diaryl/α,β-unsaturated/α-hetero) is 1. The molecule has 25 heavy (non-hydrogen) atoms. The van der Waals surface area contributed by atoms with Crippen LogP contribution in [0, 0.1) is 0 Å². The number of rotatable bonds is 5. The van der Waals surface area contributed by atoms with Crippen LogP contribution >= 0.6 is 0 Å².